The molecule has 102 valence electrons. The lowest BCUT2D eigenvalue weighted by Gasteiger charge is -2.19. The second kappa shape index (κ2) is 4.49. The van der Waals surface area contributed by atoms with Gasteiger partial charge in [-0.2, -0.15) is 0 Å². The first-order chi connectivity index (χ1) is 9.06. The van der Waals surface area contributed by atoms with Crippen LogP contribution in [0.4, 0.5) is 4.39 Å². The molecule has 3 unspecified atom stereocenters. The third kappa shape index (κ3) is 2.08. The van der Waals surface area contributed by atoms with Crippen LogP contribution in [-0.4, -0.2) is 35.0 Å². The van der Waals surface area contributed by atoms with Crippen LogP contribution in [-0.2, 0) is 0 Å². The number of halogens is 1. The van der Waals surface area contributed by atoms with E-state index >= 15 is 0 Å². The van der Waals surface area contributed by atoms with Crippen LogP contribution in [0, 0.1) is 17.7 Å². The molecule has 1 amide bonds. The van der Waals surface area contributed by atoms with Crippen LogP contribution in [0.15, 0.2) is 18.2 Å². The molecule has 5 heteroatoms. The molecule has 3 N–H and O–H groups in total. The van der Waals surface area contributed by atoms with Gasteiger partial charge in [-0.15, -0.1) is 0 Å². The Balaban J connectivity index is 1.80. The van der Waals surface area contributed by atoms with E-state index in [0.29, 0.717) is 24.9 Å². The van der Waals surface area contributed by atoms with E-state index in [9.17, 15) is 14.3 Å². The smallest absolute Gasteiger partial charge is 0.257 e. The van der Waals surface area contributed by atoms with Crippen molar-refractivity contribution in [3.8, 4) is 5.75 Å². The number of nitrogens with zero attached hydrogens (tertiary/aromatic N) is 1. The summed E-state index contributed by atoms with van der Waals surface area (Å²) in [4.78, 5) is 14.0. The van der Waals surface area contributed by atoms with Crippen LogP contribution in [0.5, 0.6) is 5.75 Å². The van der Waals surface area contributed by atoms with Crippen molar-refractivity contribution in [3.63, 3.8) is 0 Å². The molecular formula is C14H17FN2O2. The Kier molecular flexibility index (Phi) is 2.93. The minimum atomic E-state index is -0.516. The summed E-state index contributed by atoms with van der Waals surface area (Å²) in [6, 6.07) is 3.60. The molecule has 3 rings (SSSR count). The van der Waals surface area contributed by atoms with E-state index in [-0.39, 0.29) is 23.3 Å². The summed E-state index contributed by atoms with van der Waals surface area (Å²) >= 11 is 0. The summed E-state index contributed by atoms with van der Waals surface area (Å²) in [7, 11) is 0. The third-order valence-corrected chi connectivity index (χ3v) is 4.39. The van der Waals surface area contributed by atoms with Gasteiger partial charge in [-0.05, 0) is 42.9 Å². The molecule has 1 saturated carbocycles. The maximum Gasteiger partial charge on any atom is 0.257 e. The van der Waals surface area contributed by atoms with Crippen molar-refractivity contribution in [2.45, 2.75) is 18.9 Å². The fourth-order valence-electron chi connectivity index (χ4n) is 3.32. The molecule has 1 aromatic carbocycles. The van der Waals surface area contributed by atoms with Crippen molar-refractivity contribution >= 4 is 5.91 Å². The highest BCUT2D eigenvalue weighted by molar-refractivity contribution is 5.97. The summed E-state index contributed by atoms with van der Waals surface area (Å²) in [6.07, 6.45) is 2.06. The fraction of sp³-hybridized carbons (Fsp3) is 0.500. The van der Waals surface area contributed by atoms with Crippen molar-refractivity contribution < 1.29 is 14.3 Å². The molecule has 0 radical (unpaired) electrons. The number of aromatic hydroxyl groups is 1. The number of carbonyl (C=O) groups excluding carboxylic acids is 1. The van der Waals surface area contributed by atoms with Gasteiger partial charge < -0.3 is 15.7 Å². The average molecular weight is 264 g/mol. The van der Waals surface area contributed by atoms with E-state index in [0.717, 1.165) is 25.0 Å². The van der Waals surface area contributed by atoms with Crippen LogP contribution in [0.25, 0.3) is 0 Å². The fourth-order valence-corrected chi connectivity index (χ4v) is 3.32. The molecule has 1 aliphatic carbocycles. The van der Waals surface area contributed by atoms with E-state index in [2.05, 4.69) is 0 Å². The van der Waals surface area contributed by atoms with Gasteiger partial charge in [-0.1, -0.05) is 0 Å². The lowest BCUT2D eigenvalue weighted by molar-refractivity contribution is 0.0776. The lowest BCUT2D eigenvalue weighted by Crippen LogP contribution is -2.33. The number of benzene rings is 1. The molecule has 1 aromatic rings. The van der Waals surface area contributed by atoms with Crippen LogP contribution in [0.2, 0.25) is 0 Å². The quantitative estimate of drug-likeness (QED) is 0.804. The van der Waals surface area contributed by atoms with E-state index in [4.69, 9.17) is 5.73 Å². The van der Waals surface area contributed by atoms with Gasteiger partial charge in [0, 0.05) is 19.1 Å². The maximum absolute atomic E-state index is 13.2. The van der Waals surface area contributed by atoms with Gasteiger partial charge in [0.25, 0.3) is 5.91 Å². The van der Waals surface area contributed by atoms with Crippen LogP contribution in [0.3, 0.4) is 0 Å². The number of fused-ring (bicyclic) bond motifs is 1. The first kappa shape index (κ1) is 12.4. The summed E-state index contributed by atoms with van der Waals surface area (Å²) < 4.78 is 13.2. The number of amides is 1. The number of carbonyl (C=O) groups is 1. The Bertz CT molecular complexity index is 520. The number of nitrogens with two attached hydrogens (primary N) is 1. The monoisotopic (exact) mass is 264 g/mol. The van der Waals surface area contributed by atoms with Gasteiger partial charge in [0.1, 0.15) is 11.6 Å². The largest absolute Gasteiger partial charge is 0.507 e. The number of phenols is 1. The predicted molar refractivity (Wildman–Crippen MR) is 68.2 cm³/mol. The van der Waals surface area contributed by atoms with Crippen molar-refractivity contribution in [3.05, 3.63) is 29.6 Å². The molecule has 1 saturated heterocycles. The molecule has 2 aliphatic rings. The first-order valence-electron chi connectivity index (χ1n) is 6.59. The van der Waals surface area contributed by atoms with Gasteiger partial charge in [0.2, 0.25) is 0 Å². The predicted octanol–water partition coefficient (Wildman–Crippen LogP) is 1.34. The molecule has 1 heterocycles. The van der Waals surface area contributed by atoms with Crippen molar-refractivity contribution in [1.29, 1.82) is 0 Å². The molecule has 2 fully saturated rings. The van der Waals surface area contributed by atoms with Crippen LogP contribution >= 0.6 is 0 Å². The van der Waals surface area contributed by atoms with E-state index < -0.39 is 5.82 Å². The summed E-state index contributed by atoms with van der Waals surface area (Å²) in [6.45, 7) is 1.27. The van der Waals surface area contributed by atoms with E-state index in [1.807, 2.05) is 0 Å². The summed E-state index contributed by atoms with van der Waals surface area (Å²) in [5.74, 6) is -0.196. The Morgan fingerprint density at radius 2 is 2.16 bits per heavy atom. The summed E-state index contributed by atoms with van der Waals surface area (Å²) in [5.41, 5.74) is 6.06. The van der Waals surface area contributed by atoms with Gasteiger partial charge in [-0.3, -0.25) is 4.79 Å². The Hall–Kier alpha value is -1.62. The Morgan fingerprint density at radius 1 is 1.37 bits per heavy atom. The second-order valence-corrected chi connectivity index (χ2v) is 5.54. The van der Waals surface area contributed by atoms with Crippen LogP contribution in [0.1, 0.15) is 23.2 Å². The van der Waals surface area contributed by atoms with Crippen LogP contribution < -0.4 is 5.73 Å². The summed E-state index contributed by atoms with van der Waals surface area (Å²) in [5, 5.41) is 9.68. The number of phenolic OH excluding ortho intramolecular Hbond substituents is 1. The minimum Gasteiger partial charge on any atom is -0.507 e. The standard InChI is InChI=1S/C14H17FN2O2/c15-9-2-4-13(18)10(5-9)14(19)17-6-8-1-3-12(16)11(8)7-17/h2,4-5,8,11-12,18H,1,3,6-7,16H2. The molecule has 3 atom stereocenters. The second-order valence-electron chi connectivity index (χ2n) is 5.54. The van der Waals surface area contributed by atoms with Gasteiger partial charge in [0.15, 0.2) is 0 Å². The normalized spacial score (nSPS) is 29.6. The topological polar surface area (TPSA) is 66.6 Å². The highest BCUT2D eigenvalue weighted by Gasteiger charge is 2.42. The zero-order valence-electron chi connectivity index (χ0n) is 10.6. The minimum absolute atomic E-state index is 0.0357. The zero-order chi connectivity index (χ0) is 13.6. The SMILES string of the molecule is NC1CCC2CN(C(=O)c3cc(F)ccc3O)CC12. The molecule has 0 spiro atoms. The van der Waals surface area contributed by atoms with E-state index in [1.54, 1.807) is 4.90 Å². The van der Waals surface area contributed by atoms with Gasteiger partial charge in [0.05, 0.1) is 5.56 Å². The molecule has 4 nitrogen and oxygen atoms in total. The van der Waals surface area contributed by atoms with Crippen molar-refractivity contribution in [1.82, 2.24) is 4.90 Å². The van der Waals surface area contributed by atoms with Crippen molar-refractivity contribution in [2.24, 2.45) is 17.6 Å². The zero-order valence-corrected chi connectivity index (χ0v) is 10.6. The Morgan fingerprint density at radius 3 is 2.89 bits per heavy atom. The molecular weight excluding hydrogens is 247 g/mol. The van der Waals surface area contributed by atoms with Crippen molar-refractivity contribution in [2.75, 3.05) is 13.1 Å². The highest BCUT2D eigenvalue weighted by Crippen LogP contribution is 2.38. The first-order valence-corrected chi connectivity index (χ1v) is 6.59. The maximum atomic E-state index is 13.2. The lowest BCUT2D eigenvalue weighted by atomic mass is 9.98. The molecule has 19 heavy (non-hydrogen) atoms. The number of hydrogen-bond acceptors (Lipinski definition) is 3. The van der Waals surface area contributed by atoms with E-state index in [1.165, 1.54) is 6.07 Å². The average Bonchev–Trinajstić information content (AvgIpc) is 2.94. The number of hydrogen-bond donors (Lipinski definition) is 2. The molecule has 0 bridgehead atoms. The molecule has 0 aromatic heterocycles. The number of rotatable bonds is 1. The highest BCUT2D eigenvalue weighted by atomic mass is 19.1. The van der Waals surface area contributed by atoms with Gasteiger partial charge >= 0.3 is 0 Å². The Labute approximate surface area is 111 Å². The molecule has 1 aliphatic heterocycles. The number of likely N-dealkylation sites (tertiary alicyclic amines) is 1. The van der Waals surface area contributed by atoms with Gasteiger partial charge in [-0.25, -0.2) is 4.39 Å². The third-order valence-electron chi connectivity index (χ3n) is 4.39.